The van der Waals surface area contributed by atoms with Crippen molar-refractivity contribution in [2.75, 3.05) is 6.54 Å². The number of hydrogen-bond acceptors (Lipinski definition) is 3. The fourth-order valence-electron chi connectivity index (χ4n) is 1.78. The SMILES string of the molecule is CCNC(=S)N/N=C\c1c(O)ccc2ccccc12. The van der Waals surface area contributed by atoms with Gasteiger partial charge in [0.1, 0.15) is 5.75 Å². The minimum Gasteiger partial charge on any atom is -0.507 e. The molecule has 0 amide bonds. The van der Waals surface area contributed by atoms with Crippen molar-refractivity contribution in [1.82, 2.24) is 10.7 Å². The number of benzene rings is 2. The van der Waals surface area contributed by atoms with Crippen LogP contribution in [0.3, 0.4) is 0 Å². The van der Waals surface area contributed by atoms with Gasteiger partial charge in [0, 0.05) is 12.1 Å². The van der Waals surface area contributed by atoms with E-state index < -0.39 is 0 Å². The van der Waals surface area contributed by atoms with Crippen LogP contribution in [0.5, 0.6) is 5.75 Å². The first kappa shape index (κ1) is 13.3. The lowest BCUT2D eigenvalue weighted by molar-refractivity contribution is 0.475. The number of phenols is 1. The molecule has 0 saturated heterocycles. The number of aromatic hydroxyl groups is 1. The largest absolute Gasteiger partial charge is 0.507 e. The van der Waals surface area contributed by atoms with Gasteiger partial charge in [-0.2, -0.15) is 5.10 Å². The van der Waals surface area contributed by atoms with Gasteiger partial charge in [0.15, 0.2) is 5.11 Å². The van der Waals surface area contributed by atoms with Crippen LogP contribution >= 0.6 is 12.2 Å². The molecule has 0 aliphatic rings. The van der Waals surface area contributed by atoms with Crippen LogP contribution in [0.15, 0.2) is 41.5 Å². The van der Waals surface area contributed by atoms with Crippen molar-refractivity contribution in [1.29, 1.82) is 0 Å². The summed E-state index contributed by atoms with van der Waals surface area (Å²) in [6.45, 7) is 2.69. The summed E-state index contributed by atoms with van der Waals surface area (Å²) < 4.78 is 0. The molecule has 0 aliphatic carbocycles. The van der Waals surface area contributed by atoms with E-state index >= 15 is 0 Å². The number of hydrogen-bond donors (Lipinski definition) is 3. The molecule has 0 bridgehead atoms. The summed E-state index contributed by atoms with van der Waals surface area (Å²) >= 11 is 5.00. The summed E-state index contributed by atoms with van der Waals surface area (Å²) in [5.41, 5.74) is 3.37. The van der Waals surface area contributed by atoms with Crippen LogP contribution in [-0.4, -0.2) is 23.0 Å². The maximum atomic E-state index is 9.91. The van der Waals surface area contributed by atoms with E-state index in [2.05, 4.69) is 15.8 Å². The lowest BCUT2D eigenvalue weighted by atomic mass is 10.0. The van der Waals surface area contributed by atoms with Gasteiger partial charge >= 0.3 is 0 Å². The molecular formula is C14H15N3OS. The molecule has 0 aromatic heterocycles. The molecule has 2 aromatic carbocycles. The zero-order chi connectivity index (χ0) is 13.7. The average Bonchev–Trinajstić information content (AvgIpc) is 2.41. The highest BCUT2D eigenvalue weighted by Gasteiger charge is 2.03. The molecule has 0 spiro atoms. The van der Waals surface area contributed by atoms with Crippen LogP contribution in [-0.2, 0) is 0 Å². The van der Waals surface area contributed by atoms with Crippen molar-refractivity contribution in [3.63, 3.8) is 0 Å². The lowest BCUT2D eigenvalue weighted by Crippen LogP contribution is -2.31. The van der Waals surface area contributed by atoms with Crippen LogP contribution in [0.2, 0.25) is 0 Å². The maximum Gasteiger partial charge on any atom is 0.186 e. The molecule has 2 rings (SSSR count). The zero-order valence-electron chi connectivity index (χ0n) is 10.6. The normalized spacial score (nSPS) is 10.8. The monoisotopic (exact) mass is 273 g/mol. The molecule has 0 radical (unpaired) electrons. The van der Waals surface area contributed by atoms with E-state index in [-0.39, 0.29) is 5.75 Å². The van der Waals surface area contributed by atoms with Crippen molar-refractivity contribution in [2.24, 2.45) is 5.10 Å². The van der Waals surface area contributed by atoms with Gasteiger partial charge in [-0.25, -0.2) is 0 Å². The van der Waals surface area contributed by atoms with Crippen molar-refractivity contribution in [2.45, 2.75) is 6.92 Å². The first-order valence-electron chi connectivity index (χ1n) is 6.00. The summed E-state index contributed by atoms with van der Waals surface area (Å²) in [4.78, 5) is 0. The predicted molar refractivity (Wildman–Crippen MR) is 82.6 cm³/mol. The predicted octanol–water partition coefficient (Wildman–Crippen LogP) is 2.36. The molecule has 0 aliphatic heterocycles. The first-order valence-corrected chi connectivity index (χ1v) is 6.41. The molecule has 4 nitrogen and oxygen atoms in total. The highest BCUT2D eigenvalue weighted by molar-refractivity contribution is 7.80. The molecule has 3 N–H and O–H groups in total. The summed E-state index contributed by atoms with van der Waals surface area (Å²) in [5, 5.41) is 19.3. The molecule has 0 atom stereocenters. The molecule has 0 fully saturated rings. The summed E-state index contributed by atoms with van der Waals surface area (Å²) in [6.07, 6.45) is 1.57. The third-order valence-corrected chi connectivity index (χ3v) is 2.88. The van der Waals surface area contributed by atoms with Crippen molar-refractivity contribution >= 4 is 34.3 Å². The van der Waals surface area contributed by atoms with Crippen LogP contribution in [0.1, 0.15) is 12.5 Å². The average molecular weight is 273 g/mol. The number of hydrazone groups is 1. The Kier molecular flexibility index (Phi) is 4.30. The topological polar surface area (TPSA) is 56.7 Å². The van der Waals surface area contributed by atoms with Gasteiger partial charge in [-0.1, -0.05) is 30.3 Å². The van der Waals surface area contributed by atoms with Crippen LogP contribution in [0.4, 0.5) is 0 Å². The quantitative estimate of drug-likeness (QED) is 0.456. The van der Waals surface area contributed by atoms with Crippen molar-refractivity contribution in [3.8, 4) is 5.75 Å². The lowest BCUT2D eigenvalue weighted by Gasteiger charge is -2.06. The molecule has 5 heteroatoms. The van der Waals surface area contributed by atoms with Gasteiger partial charge in [0.05, 0.1) is 6.21 Å². The van der Waals surface area contributed by atoms with E-state index in [1.54, 1.807) is 12.3 Å². The Morgan fingerprint density at radius 2 is 2.11 bits per heavy atom. The smallest absolute Gasteiger partial charge is 0.186 e. The van der Waals surface area contributed by atoms with E-state index in [0.29, 0.717) is 10.7 Å². The highest BCUT2D eigenvalue weighted by Crippen LogP contribution is 2.25. The fourth-order valence-corrected chi connectivity index (χ4v) is 1.97. The second kappa shape index (κ2) is 6.15. The first-order chi connectivity index (χ1) is 9.22. The second-order valence-electron chi connectivity index (χ2n) is 3.95. The van der Waals surface area contributed by atoms with Crippen LogP contribution in [0.25, 0.3) is 10.8 Å². The van der Waals surface area contributed by atoms with E-state index in [4.69, 9.17) is 12.2 Å². The number of fused-ring (bicyclic) bond motifs is 1. The standard InChI is InChI=1S/C14H15N3OS/c1-2-15-14(19)17-16-9-12-11-6-4-3-5-10(11)7-8-13(12)18/h3-9,18H,2H2,1H3,(H2,15,17,19)/b16-9-. The van der Waals surface area contributed by atoms with Crippen molar-refractivity contribution in [3.05, 3.63) is 42.0 Å². The third-order valence-electron chi connectivity index (χ3n) is 2.64. The van der Waals surface area contributed by atoms with Gasteiger partial charge in [-0.15, -0.1) is 0 Å². The van der Waals surface area contributed by atoms with Crippen LogP contribution < -0.4 is 10.7 Å². The van der Waals surface area contributed by atoms with Gasteiger partial charge in [-0.3, -0.25) is 5.43 Å². The number of phenolic OH excluding ortho intramolecular Hbond substituents is 1. The van der Waals surface area contributed by atoms with Gasteiger partial charge in [0.25, 0.3) is 0 Å². The molecule has 98 valence electrons. The number of thiocarbonyl (C=S) groups is 1. The van der Waals surface area contributed by atoms with Gasteiger partial charge in [-0.05, 0) is 36.0 Å². The molecule has 2 aromatic rings. The number of nitrogens with one attached hydrogen (secondary N) is 2. The summed E-state index contributed by atoms with van der Waals surface area (Å²) in [6, 6.07) is 11.3. The molecule has 0 saturated carbocycles. The highest BCUT2D eigenvalue weighted by atomic mass is 32.1. The zero-order valence-corrected chi connectivity index (χ0v) is 11.4. The van der Waals surface area contributed by atoms with Crippen molar-refractivity contribution < 1.29 is 5.11 Å². The van der Waals surface area contributed by atoms with E-state index in [1.165, 1.54) is 0 Å². The Morgan fingerprint density at radius 1 is 1.32 bits per heavy atom. The Hall–Kier alpha value is -2.14. The number of rotatable bonds is 3. The number of nitrogens with zero attached hydrogens (tertiary/aromatic N) is 1. The van der Waals surface area contributed by atoms with E-state index in [0.717, 1.165) is 17.3 Å². The van der Waals surface area contributed by atoms with Crippen LogP contribution in [0, 0.1) is 0 Å². The Bertz CT molecular complexity index is 625. The summed E-state index contributed by atoms with van der Waals surface area (Å²) in [7, 11) is 0. The maximum absolute atomic E-state index is 9.91. The molecule has 0 heterocycles. The van der Waals surface area contributed by atoms with Gasteiger partial charge in [0.2, 0.25) is 0 Å². The molecule has 19 heavy (non-hydrogen) atoms. The Labute approximate surface area is 117 Å². The Balaban J connectivity index is 2.27. The molecule has 0 unspecified atom stereocenters. The molecular weight excluding hydrogens is 258 g/mol. The second-order valence-corrected chi connectivity index (χ2v) is 4.36. The van der Waals surface area contributed by atoms with E-state index in [9.17, 15) is 5.11 Å². The summed E-state index contributed by atoms with van der Waals surface area (Å²) in [5.74, 6) is 0.193. The van der Waals surface area contributed by atoms with Gasteiger partial charge < -0.3 is 10.4 Å². The van der Waals surface area contributed by atoms with E-state index in [1.807, 2.05) is 37.3 Å². The fraction of sp³-hybridized carbons (Fsp3) is 0.143. The minimum absolute atomic E-state index is 0.193. The minimum atomic E-state index is 0.193. The Morgan fingerprint density at radius 3 is 2.89 bits per heavy atom. The third kappa shape index (κ3) is 3.20.